The summed E-state index contributed by atoms with van der Waals surface area (Å²) < 4.78 is 40.4. The van der Waals surface area contributed by atoms with E-state index in [1.807, 2.05) is 0 Å². The number of nitrogens with zero attached hydrogens (tertiary/aromatic N) is 3. The van der Waals surface area contributed by atoms with E-state index in [-0.39, 0.29) is 0 Å². The Morgan fingerprint density at radius 2 is 1.73 bits per heavy atom. The van der Waals surface area contributed by atoms with Gasteiger partial charge in [-0.15, -0.1) is 0 Å². The first-order valence-electron chi connectivity index (χ1n) is 6.92. The highest BCUT2D eigenvalue weighted by Crippen LogP contribution is 2.29. The van der Waals surface area contributed by atoms with Crippen molar-refractivity contribution in [2.24, 2.45) is 14.1 Å². The van der Waals surface area contributed by atoms with Gasteiger partial charge < -0.3 is 10.3 Å². The molecule has 0 atom stereocenters. The monoisotopic (exact) mass is 392 g/mol. The predicted octanol–water partition coefficient (Wildman–Crippen LogP) is 0.383. The summed E-state index contributed by atoms with van der Waals surface area (Å²) in [6, 6.07) is 0.435. The third-order valence-electron chi connectivity index (χ3n) is 3.67. The first kappa shape index (κ1) is 19.5. The van der Waals surface area contributed by atoms with Crippen molar-refractivity contribution in [3.63, 3.8) is 0 Å². The van der Waals surface area contributed by atoms with E-state index in [9.17, 15) is 32.3 Å². The minimum Gasteiger partial charge on any atom is -0.384 e. The van der Waals surface area contributed by atoms with Gasteiger partial charge in [-0.3, -0.25) is 23.5 Å². The van der Waals surface area contributed by atoms with Gasteiger partial charge in [0.05, 0.1) is 12.1 Å². The molecule has 2 heterocycles. The van der Waals surface area contributed by atoms with Gasteiger partial charge in [0.2, 0.25) is 0 Å². The number of nitrogen functional groups attached to an aromatic ring is 1. The van der Waals surface area contributed by atoms with E-state index in [1.54, 1.807) is 0 Å². The molecule has 2 N–H and O–H groups in total. The smallest absolute Gasteiger partial charge is 0.384 e. The minimum atomic E-state index is -4.80. The summed E-state index contributed by atoms with van der Waals surface area (Å²) in [5, 5.41) is -0.742. The van der Waals surface area contributed by atoms with Crippen LogP contribution in [0.5, 0.6) is 0 Å². The summed E-state index contributed by atoms with van der Waals surface area (Å²) in [6.07, 6.45) is -4.39. The molecule has 0 saturated heterocycles. The molecule has 0 amide bonds. The lowest BCUT2D eigenvalue weighted by Crippen LogP contribution is -2.42. The van der Waals surface area contributed by atoms with Crippen LogP contribution in [0.25, 0.3) is 0 Å². The Labute approximate surface area is 147 Å². The zero-order valence-electron chi connectivity index (χ0n) is 13.4. The zero-order valence-corrected chi connectivity index (χ0v) is 14.2. The van der Waals surface area contributed by atoms with E-state index in [4.69, 9.17) is 17.3 Å². The number of aromatic nitrogens is 3. The molecular formula is C14H12ClF3N4O4. The molecule has 0 aromatic carbocycles. The summed E-state index contributed by atoms with van der Waals surface area (Å²) in [5.74, 6) is -1.51. The fourth-order valence-corrected chi connectivity index (χ4v) is 2.45. The first-order chi connectivity index (χ1) is 11.9. The molecular weight excluding hydrogens is 381 g/mol. The lowest BCUT2D eigenvalue weighted by molar-refractivity contribution is -0.138. The molecule has 0 spiro atoms. The summed E-state index contributed by atoms with van der Waals surface area (Å²) in [6.45, 7) is -0.917. The van der Waals surface area contributed by atoms with Crippen molar-refractivity contribution in [3.05, 3.63) is 59.6 Å². The van der Waals surface area contributed by atoms with Crippen LogP contribution in [0, 0.1) is 0 Å². The second-order valence-electron chi connectivity index (χ2n) is 5.40. The van der Waals surface area contributed by atoms with E-state index in [0.29, 0.717) is 21.4 Å². The number of ketones is 1. The molecule has 140 valence electrons. The van der Waals surface area contributed by atoms with Gasteiger partial charge in [0.1, 0.15) is 16.4 Å². The maximum atomic E-state index is 12.8. The largest absolute Gasteiger partial charge is 0.417 e. The molecule has 0 unspecified atom stereocenters. The maximum Gasteiger partial charge on any atom is 0.417 e. The number of carbonyl (C=O) groups is 1. The molecule has 0 fully saturated rings. The van der Waals surface area contributed by atoms with Crippen molar-refractivity contribution < 1.29 is 18.0 Å². The molecule has 0 saturated carbocycles. The minimum absolute atomic E-state index is 0.411. The Balaban J connectivity index is 2.60. The Bertz CT molecular complexity index is 1080. The standard InChI is InChI=1S/C14H12ClF3N4O4/c1-20-10(19)9(12(25)21(2)13(20)26)8(23)5-22-4-6(14(16,17)18)3-7(15)11(22)24/h3-4H,5,19H2,1-2H3. The predicted molar refractivity (Wildman–Crippen MR) is 86.4 cm³/mol. The third-order valence-corrected chi connectivity index (χ3v) is 3.94. The van der Waals surface area contributed by atoms with E-state index in [0.717, 1.165) is 11.6 Å². The van der Waals surface area contributed by atoms with Crippen molar-refractivity contribution in [3.8, 4) is 0 Å². The number of hydrogen-bond donors (Lipinski definition) is 1. The van der Waals surface area contributed by atoms with Crippen LogP contribution in [0.4, 0.5) is 19.0 Å². The van der Waals surface area contributed by atoms with Crippen LogP contribution in [0.2, 0.25) is 5.02 Å². The zero-order chi connectivity index (χ0) is 20.0. The number of nitrogens with two attached hydrogens (primary N) is 1. The van der Waals surface area contributed by atoms with Crippen LogP contribution in [0.15, 0.2) is 26.6 Å². The summed E-state index contributed by atoms with van der Waals surface area (Å²) in [4.78, 5) is 48.2. The SMILES string of the molecule is Cn1c(N)c(C(=O)Cn2cc(C(F)(F)F)cc(Cl)c2=O)c(=O)n(C)c1=O. The normalized spacial score (nSPS) is 11.6. The molecule has 12 heteroatoms. The molecule has 0 bridgehead atoms. The van der Waals surface area contributed by atoms with Crippen LogP contribution in [0.3, 0.4) is 0 Å². The maximum absolute atomic E-state index is 12.8. The van der Waals surface area contributed by atoms with Crippen LogP contribution < -0.4 is 22.5 Å². The lowest BCUT2D eigenvalue weighted by atomic mass is 10.2. The highest BCUT2D eigenvalue weighted by molar-refractivity contribution is 6.30. The van der Waals surface area contributed by atoms with E-state index in [2.05, 4.69) is 0 Å². The Morgan fingerprint density at radius 3 is 2.27 bits per heavy atom. The van der Waals surface area contributed by atoms with Gasteiger partial charge in [0, 0.05) is 20.3 Å². The highest BCUT2D eigenvalue weighted by atomic mass is 35.5. The number of pyridine rings is 1. The highest BCUT2D eigenvalue weighted by Gasteiger charge is 2.32. The summed E-state index contributed by atoms with van der Waals surface area (Å²) in [7, 11) is 2.31. The molecule has 0 aliphatic heterocycles. The topological polar surface area (TPSA) is 109 Å². The van der Waals surface area contributed by atoms with Gasteiger partial charge in [-0.1, -0.05) is 11.6 Å². The fraction of sp³-hybridized carbons (Fsp3) is 0.286. The molecule has 2 rings (SSSR count). The molecule has 0 radical (unpaired) electrons. The average molecular weight is 393 g/mol. The van der Waals surface area contributed by atoms with Crippen LogP contribution in [-0.4, -0.2) is 19.5 Å². The molecule has 0 aliphatic rings. The number of carbonyl (C=O) groups excluding carboxylic acids is 1. The van der Waals surface area contributed by atoms with Crippen LogP contribution in [-0.2, 0) is 26.8 Å². The van der Waals surface area contributed by atoms with Crippen molar-refractivity contribution >= 4 is 23.2 Å². The molecule has 2 aromatic rings. The molecule has 26 heavy (non-hydrogen) atoms. The number of alkyl halides is 3. The number of rotatable bonds is 3. The third kappa shape index (κ3) is 3.29. The first-order valence-corrected chi connectivity index (χ1v) is 7.30. The molecule has 2 aromatic heterocycles. The van der Waals surface area contributed by atoms with Gasteiger partial charge in [-0.05, 0) is 6.07 Å². The second-order valence-corrected chi connectivity index (χ2v) is 5.80. The van der Waals surface area contributed by atoms with Crippen LogP contribution in [0.1, 0.15) is 15.9 Å². The van der Waals surface area contributed by atoms with E-state index < -0.39 is 57.3 Å². The van der Waals surface area contributed by atoms with Crippen molar-refractivity contribution in [1.82, 2.24) is 13.7 Å². The number of hydrogen-bond acceptors (Lipinski definition) is 5. The van der Waals surface area contributed by atoms with Gasteiger partial charge in [0.15, 0.2) is 5.78 Å². The van der Waals surface area contributed by atoms with Crippen LogP contribution >= 0.6 is 11.6 Å². The average Bonchev–Trinajstić information content (AvgIpc) is 2.54. The van der Waals surface area contributed by atoms with Gasteiger partial charge in [-0.2, -0.15) is 13.2 Å². The number of halogens is 4. The fourth-order valence-electron chi connectivity index (χ4n) is 2.23. The van der Waals surface area contributed by atoms with Crippen molar-refractivity contribution in [1.29, 1.82) is 0 Å². The number of anilines is 1. The second kappa shape index (κ2) is 6.48. The van der Waals surface area contributed by atoms with Crippen molar-refractivity contribution in [2.45, 2.75) is 12.7 Å². The number of Topliss-reactive ketones (excluding diaryl/α,β-unsaturated/α-hetero) is 1. The summed E-state index contributed by atoms with van der Waals surface area (Å²) in [5.41, 5.74) is 0.892. The Kier molecular flexibility index (Phi) is 4.86. The molecule has 8 nitrogen and oxygen atoms in total. The van der Waals surface area contributed by atoms with E-state index >= 15 is 0 Å². The molecule has 0 aliphatic carbocycles. The lowest BCUT2D eigenvalue weighted by Gasteiger charge is -2.13. The van der Waals surface area contributed by atoms with Gasteiger partial charge in [0.25, 0.3) is 11.1 Å². The van der Waals surface area contributed by atoms with E-state index in [1.165, 1.54) is 7.05 Å². The Hall–Kier alpha value is -2.82. The Morgan fingerprint density at radius 1 is 1.15 bits per heavy atom. The van der Waals surface area contributed by atoms with Crippen molar-refractivity contribution in [2.75, 3.05) is 5.73 Å². The van der Waals surface area contributed by atoms with Gasteiger partial charge >= 0.3 is 11.9 Å². The van der Waals surface area contributed by atoms with Gasteiger partial charge in [-0.25, -0.2) is 4.79 Å². The quantitative estimate of drug-likeness (QED) is 0.760. The summed E-state index contributed by atoms with van der Waals surface area (Å²) >= 11 is 5.51.